The van der Waals surface area contributed by atoms with Crippen molar-refractivity contribution in [1.29, 1.82) is 0 Å². The molecule has 9 nitrogen and oxygen atoms in total. The second kappa shape index (κ2) is 9.82. The average molecular weight is 385 g/mol. The van der Waals surface area contributed by atoms with Gasteiger partial charge in [0.15, 0.2) is 5.82 Å². The summed E-state index contributed by atoms with van der Waals surface area (Å²) >= 11 is 0. The molecule has 150 valence electrons. The fourth-order valence-electron chi connectivity index (χ4n) is 3.10. The van der Waals surface area contributed by atoms with Crippen molar-refractivity contribution in [3.63, 3.8) is 0 Å². The topological polar surface area (TPSA) is 96.4 Å². The van der Waals surface area contributed by atoms with Crippen LogP contribution in [0.2, 0.25) is 0 Å². The fraction of sp³-hybridized carbons (Fsp3) is 0.526. The molecule has 0 aliphatic carbocycles. The molecule has 1 aliphatic heterocycles. The molecule has 0 radical (unpaired) electrons. The van der Waals surface area contributed by atoms with Gasteiger partial charge in [0, 0.05) is 45.1 Å². The Bertz CT molecular complexity index is 751. The number of hydrogen-bond acceptors (Lipinski definition) is 8. The van der Waals surface area contributed by atoms with Crippen LogP contribution in [0.15, 0.2) is 30.7 Å². The van der Waals surface area contributed by atoms with E-state index in [2.05, 4.69) is 25.5 Å². The molecule has 0 unspecified atom stereocenters. The lowest BCUT2D eigenvalue weighted by atomic mass is 10.1. The van der Waals surface area contributed by atoms with Crippen LogP contribution in [0.3, 0.4) is 0 Å². The molecular weight excluding hydrogens is 358 g/mol. The SMILES string of the molecule is CCOC(=O)N1CCC(Nc2cnnc(N(C)CCc3ccncc3)n2)CC1. The van der Waals surface area contributed by atoms with Crippen LogP contribution in [0.25, 0.3) is 0 Å². The molecule has 1 aliphatic rings. The second-order valence-electron chi connectivity index (χ2n) is 6.77. The van der Waals surface area contributed by atoms with Crippen LogP contribution < -0.4 is 10.2 Å². The largest absolute Gasteiger partial charge is 0.450 e. The van der Waals surface area contributed by atoms with E-state index in [0.717, 1.165) is 25.8 Å². The zero-order chi connectivity index (χ0) is 19.8. The Labute approximate surface area is 165 Å². The van der Waals surface area contributed by atoms with E-state index in [1.165, 1.54) is 5.56 Å². The average Bonchev–Trinajstić information content (AvgIpc) is 2.73. The van der Waals surface area contributed by atoms with Gasteiger partial charge in [-0.3, -0.25) is 4.98 Å². The molecule has 1 N–H and O–H groups in total. The van der Waals surface area contributed by atoms with Crippen LogP contribution in [-0.2, 0) is 11.2 Å². The van der Waals surface area contributed by atoms with Crippen LogP contribution in [-0.4, -0.2) is 70.5 Å². The van der Waals surface area contributed by atoms with Gasteiger partial charge in [-0.05, 0) is 43.9 Å². The summed E-state index contributed by atoms with van der Waals surface area (Å²) in [5.74, 6) is 1.29. The third-order valence-electron chi connectivity index (χ3n) is 4.75. The molecule has 0 saturated carbocycles. The summed E-state index contributed by atoms with van der Waals surface area (Å²) in [5.41, 5.74) is 1.22. The molecule has 0 atom stereocenters. The number of rotatable bonds is 7. The number of aromatic nitrogens is 4. The van der Waals surface area contributed by atoms with Crippen molar-refractivity contribution in [3.05, 3.63) is 36.3 Å². The Morgan fingerprint density at radius 3 is 2.79 bits per heavy atom. The fourth-order valence-corrected chi connectivity index (χ4v) is 3.10. The Kier molecular flexibility index (Phi) is 6.94. The molecule has 1 saturated heterocycles. The molecule has 1 fully saturated rings. The lowest BCUT2D eigenvalue weighted by Gasteiger charge is -2.31. The molecular formula is C19H27N7O2. The second-order valence-corrected chi connectivity index (χ2v) is 6.77. The Morgan fingerprint density at radius 1 is 1.32 bits per heavy atom. The third-order valence-corrected chi connectivity index (χ3v) is 4.75. The van der Waals surface area contributed by atoms with Gasteiger partial charge in [-0.2, -0.15) is 10.1 Å². The van der Waals surface area contributed by atoms with Crippen LogP contribution >= 0.6 is 0 Å². The Morgan fingerprint density at radius 2 is 2.07 bits per heavy atom. The normalized spacial score (nSPS) is 14.6. The van der Waals surface area contributed by atoms with Crippen molar-refractivity contribution in [3.8, 4) is 0 Å². The number of hydrogen-bond donors (Lipinski definition) is 1. The maximum Gasteiger partial charge on any atom is 0.409 e. The zero-order valence-electron chi connectivity index (χ0n) is 16.4. The Hall–Kier alpha value is -2.97. The van der Waals surface area contributed by atoms with E-state index in [-0.39, 0.29) is 12.1 Å². The van der Waals surface area contributed by atoms with Crippen molar-refractivity contribution in [1.82, 2.24) is 25.1 Å². The first kappa shape index (κ1) is 19.8. The molecule has 3 rings (SSSR count). The van der Waals surface area contributed by atoms with E-state index in [0.29, 0.717) is 31.5 Å². The van der Waals surface area contributed by atoms with Gasteiger partial charge in [-0.15, -0.1) is 5.10 Å². The number of nitrogens with zero attached hydrogens (tertiary/aromatic N) is 6. The number of likely N-dealkylation sites (N-methyl/N-ethyl adjacent to an activating group) is 1. The number of pyridine rings is 1. The third kappa shape index (κ3) is 5.51. The van der Waals surface area contributed by atoms with Gasteiger partial charge < -0.3 is 19.9 Å². The highest BCUT2D eigenvalue weighted by molar-refractivity contribution is 5.67. The number of carbonyl (C=O) groups is 1. The number of nitrogens with one attached hydrogen (secondary N) is 1. The smallest absolute Gasteiger partial charge is 0.409 e. The van der Waals surface area contributed by atoms with Gasteiger partial charge in [-0.1, -0.05) is 0 Å². The van der Waals surface area contributed by atoms with Gasteiger partial charge in [0.25, 0.3) is 0 Å². The van der Waals surface area contributed by atoms with E-state index < -0.39 is 0 Å². The molecule has 2 aromatic rings. The summed E-state index contributed by atoms with van der Waals surface area (Å²) in [6, 6.07) is 4.26. The Balaban J connectivity index is 1.50. The lowest BCUT2D eigenvalue weighted by molar-refractivity contribution is 0.0983. The minimum Gasteiger partial charge on any atom is -0.450 e. The molecule has 0 spiro atoms. The highest BCUT2D eigenvalue weighted by atomic mass is 16.6. The summed E-state index contributed by atoms with van der Waals surface area (Å²) in [6.07, 6.45) is 7.56. The number of anilines is 2. The number of amides is 1. The van der Waals surface area contributed by atoms with E-state index in [1.54, 1.807) is 23.5 Å². The van der Waals surface area contributed by atoms with Crippen LogP contribution in [0, 0.1) is 0 Å². The molecule has 0 bridgehead atoms. The lowest BCUT2D eigenvalue weighted by Crippen LogP contribution is -2.42. The van der Waals surface area contributed by atoms with Crippen LogP contribution in [0.1, 0.15) is 25.3 Å². The zero-order valence-corrected chi connectivity index (χ0v) is 16.4. The molecule has 1 amide bonds. The molecule has 3 heterocycles. The van der Waals surface area contributed by atoms with Gasteiger partial charge in [-0.25, -0.2) is 4.79 Å². The predicted molar refractivity (Wildman–Crippen MR) is 106 cm³/mol. The maximum absolute atomic E-state index is 11.8. The quantitative estimate of drug-likeness (QED) is 0.773. The summed E-state index contributed by atoms with van der Waals surface area (Å²) in [5, 5.41) is 11.6. The summed E-state index contributed by atoms with van der Waals surface area (Å²) in [7, 11) is 1.96. The van der Waals surface area contributed by atoms with Crippen LogP contribution in [0.4, 0.5) is 16.6 Å². The van der Waals surface area contributed by atoms with Gasteiger partial charge in [0.1, 0.15) is 0 Å². The summed E-state index contributed by atoms with van der Waals surface area (Å²) < 4.78 is 5.06. The first-order valence-electron chi connectivity index (χ1n) is 9.63. The first-order valence-corrected chi connectivity index (χ1v) is 9.63. The van der Waals surface area contributed by atoms with E-state index in [4.69, 9.17) is 4.74 Å². The monoisotopic (exact) mass is 385 g/mol. The van der Waals surface area contributed by atoms with E-state index >= 15 is 0 Å². The molecule has 28 heavy (non-hydrogen) atoms. The van der Waals surface area contributed by atoms with Crippen molar-refractivity contribution in [2.24, 2.45) is 0 Å². The van der Waals surface area contributed by atoms with Crippen molar-refractivity contribution in [2.45, 2.75) is 32.2 Å². The number of ether oxygens (including phenoxy) is 1. The van der Waals surface area contributed by atoms with Gasteiger partial charge in [0.2, 0.25) is 5.95 Å². The summed E-state index contributed by atoms with van der Waals surface area (Å²) in [6.45, 7) is 4.36. The summed E-state index contributed by atoms with van der Waals surface area (Å²) in [4.78, 5) is 24.1. The van der Waals surface area contributed by atoms with Gasteiger partial charge in [0.05, 0.1) is 12.8 Å². The standard InChI is InChI=1S/C19H27N7O2/c1-3-28-19(27)26-12-7-16(8-13-26)22-17-14-21-24-18(23-17)25(2)11-6-15-4-9-20-10-5-15/h4-5,9-10,14,16H,3,6-8,11-13H2,1-2H3,(H,22,23,24). The van der Waals surface area contributed by atoms with E-state index in [1.807, 2.05) is 31.0 Å². The predicted octanol–water partition coefficient (Wildman–Crippen LogP) is 1.98. The number of carbonyl (C=O) groups excluding carboxylic acids is 1. The number of likely N-dealkylation sites (tertiary alicyclic amines) is 1. The molecule has 9 heteroatoms. The van der Waals surface area contributed by atoms with Crippen molar-refractivity contribution < 1.29 is 9.53 Å². The minimum absolute atomic E-state index is 0.234. The van der Waals surface area contributed by atoms with Crippen molar-refractivity contribution >= 4 is 17.9 Å². The van der Waals surface area contributed by atoms with Crippen LogP contribution in [0.5, 0.6) is 0 Å². The highest BCUT2D eigenvalue weighted by Gasteiger charge is 2.23. The first-order chi connectivity index (χ1) is 13.7. The van der Waals surface area contributed by atoms with Crippen molar-refractivity contribution in [2.75, 3.05) is 43.5 Å². The maximum atomic E-state index is 11.8. The minimum atomic E-state index is -0.234. The molecule has 2 aromatic heterocycles. The highest BCUT2D eigenvalue weighted by Crippen LogP contribution is 2.17. The van der Waals surface area contributed by atoms with Gasteiger partial charge >= 0.3 is 6.09 Å². The molecule has 0 aromatic carbocycles. The van der Waals surface area contributed by atoms with E-state index in [9.17, 15) is 4.79 Å². The number of piperidine rings is 1.